The van der Waals surface area contributed by atoms with Gasteiger partial charge in [-0.05, 0) is 29.8 Å². The molecule has 0 atom stereocenters. The van der Waals surface area contributed by atoms with Crippen molar-refractivity contribution in [2.45, 2.75) is 6.54 Å². The molecule has 0 unspecified atom stereocenters. The second-order valence-corrected chi connectivity index (χ2v) is 7.33. The molecule has 1 saturated heterocycles. The summed E-state index contributed by atoms with van der Waals surface area (Å²) in [5.74, 6) is 0.518. The number of hydrogen-bond donors (Lipinski definition) is 0. The van der Waals surface area contributed by atoms with Crippen molar-refractivity contribution >= 4 is 23.3 Å². The van der Waals surface area contributed by atoms with Crippen LogP contribution in [0.15, 0.2) is 84.9 Å². The summed E-state index contributed by atoms with van der Waals surface area (Å²) in [5.41, 5.74) is 2.56. The Morgan fingerprint density at radius 3 is 2.26 bits per heavy atom. The van der Waals surface area contributed by atoms with Crippen LogP contribution in [0.3, 0.4) is 0 Å². The number of anilines is 2. The summed E-state index contributed by atoms with van der Waals surface area (Å²) in [6.45, 7) is 1.46. The molecule has 0 bridgehead atoms. The third-order valence-corrected chi connectivity index (χ3v) is 5.35. The zero-order valence-corrected chi connectivity index (χ0v) is 17.5. The van der Waals surface area contributed by atoms with Crippen LogP contribution in [0.5, 0.6) is 5.75 Å². The molecule has 0 aromatic heterocycles. The summed E-state index contributed by atoms with van der Waals surface area (Å²) in [7, 11) is 1.59. The van der Waals surface area contributed by atoms with E-state index in [2.05, 4.69) is 0 Å². The summed E-state index contributed by atoms with van der Waals surface area (Å²) in [5, 5.41) is 0. The van der Waals surface area contributed by atoms with Gasteiger partial charge >= 0.3 is 6.03 Å². The van der Waals surface area contributed by atoms with Gasteiger partial charge in [0, 0.05) is 18.8 Å². The van der Waals surface area contributed by atoms with Gasteiger partial charge in [-0.3, -0.25) is 9.69 Å². The molecule has 1 fully saturated rings. The van der Waals surface area contributed by atoms with Crippen LogP contribution in [0.2, 0.25) is 0 Å². The van der Waals surface area contributed by atoms with Gasteiger partial charge in [0.1, 0.15) is 12.3 Å². The largest absolute Gasteiger partial charge is 0.495 e. The lowest BCUT2D eigenvalue weighted by Crippen LogP contribution is -2.42. The van der Waals surface area contributed by atoms with E-state index in [1.54, 1.807) is 21.8 Å². The second kappa shape index (κ2) is 9.34. The number of ether oxygens (including phenoxy) is 1. The number of nitrogens with zero attached hydrogens (tertiary/aromatic N) is 3. The third-order valence-electron chi connectivity index (χ3n) is 5.35. The van der Waals surface area contributed by atoms with E-state index >= 15 is 0 Å². The van der Waals surface area contributed by atoms with E-state index in [1.807, 2.05) is 84.9 Å². The van der Waals surface area contributed by atoms with E-state index in [1.165, 1.54) is 0 Å². The second-order valence-electron chi connectivity index (χ2n) is 7.33. The molecule has 31 heavy (non-hydrogen) atoms. The van der Waals surface area contributed by atoms with E-state index in [-0.39, 0.29) is 18.5 Å². The van der Waals surface area contributed by atoms with Gasteiger partial charge in [0.05, 0.1) is 19.3 Å². The Labute approximate surface area is 182 Å². The summed E-state index contributed by atoms with van der Waals surface area (Å²) >= 11 is 0. The zero-order chi connectivity index (χ0) is 21.6. The Morgan fingerprint density at radius 2 is 1.55 bits per heavy atom. The number of amides is 3. The smallest absolute Gasteiger partial charge is 0.325 e. The van der Waals surface area contributed by atoms with Gasteiger partial charge in [-0.2, -0.15) is 0 Å². The fraction of sp³-hybridized carbons (Fsp3) is 0.200. The number of benzene rings is 3. The number of urea groups is 1. The summed E-state index contributed by atoms with van der Waals surface area (Å²) < 4.78 is 5.40. The molecule has 0 saturated carbocycles. The average molecular weight is 415 g/mol. The molecule has 1 aliphatic heterocycles. The molecule has 4 rings (SSSR count). The first kappa shape index (κ1) is 20.5. The molecule has 0 aliphatic carbocycles. The molecule has 0 spiro atoms. The minimum absolute atomic E-state index is 0.0200. The molecular weight excluding hydrogens is 390 g/mol. The summed E-state index contributed by atoms with van der Waals surface area (Å²) in [6, 6.07) is 26.6. The monoisotopic (exact) mass is 415 g/mol. The van der Waals surface area contributed by atoms with Gasteiger partial charge in [0.15, 0.2) is 0 Å². The molecule has 1 aliphatic rings. The predicted molar refractivity (Wildman–Crippen MR) is 121 cm³/mol. The van der Waals surface area contributed by atoms with Crippen molar-refractivity contribution < 1.29 is 14.3 Å². The molecule has 6 nitrogen and oxygen atoms in total. The quantitative estimate of drug-likeness (QED) is 0.582. The minimum atomic E-state index is -0.189. The maximum Gasteiger partial charge on any atom is 0.325 e. The molecule has 0 radical (unpaired) electrons. The molecule has 158 valence electrons. The highest BCUT2D eigenvalue weighted by Gasteiger charge is 2.33. The Bertz CT molecular complexity index is 1040. The summed E-state index contributed by atoms with van der Waals surface area (Å²) in [4.78, 5) is 31.3. The zero-order valence-electron chi connectivity index (χ0n) is 17.5. The Hall–Kier alpha value is -3.80. The van der Waals surface area contributed by atoms with Crippen LogP contribution in [0.1, 0.15) is 5.56 Å². The van der Waals surface area contributed by atoms with Crippen molar-refractivity contribution in [2.24, 2.45) is 0 Å². The average Bonchev–Trinajstić information content (AvgIpc) is 3.18. The number of hydrogen-bond acceptors (Lipinski definition) is 3. The number of para-hydroxylation sites is 3. The highest BCUT2D eigenvalue weighted by molar-refractivity contribution is 6.01. The molecule has 6 heteroatoms. The maximum absolute atomic E-state index is 13.3. The van der Waals surface area contributed by atoms with Gasteiger partial charge in [0.25, 0.3) is 0 Å². The molecule has 0 N–H and O–H groups in total. The SMILES string of the molecule is COc1ccccc1N1CCN(CC(=O)N(Cc2ccccc2)c2ccccc2)C1=O. The van der Waals surface area contributed by atoms with Crippen molar-refractivity contribution in [2.75, 3.05) is 36.5 Å². The van der Waals surface area contributed by atoms with E-state index < -0.39 is 0 Å². The van der Waals surface area contributed by atoms with Crippen LogP contribution < -0.4 is 14.5 Å². The molecule has 1 heterocycles. The Kier molecular flexibility index (Phi) is 6.17. The number of methoxy groups -OCH3 is 1. The lowest BCUT2D eigenvalue weighted by atomic mass is 10.2. The third kappa shape index (κ3) is 4.53. The topological polar surface area (TPSA) is 53.1 Å². The standard InChI is InChI=1S/C25H25N3O3/c1-31-23-15-9-8-14-22(23)27-17-16-26(25(27)30)19-24(29)28(21-12-6-3-7-13-21)18-20-10-4-2-5-11-20/h2-15H,16-19H2,1H3. The predicted octanol–water partition coefficient (Wildman–Crippen LogP) is 4.17. The highest BCUT2D eigenvalue weighted by atomic mass is 16.5. The number of carbonyl (C=O) groups is 2. The first-order valence-corrected chi connectivity index (χ1v) is 10.3. The van der Waals surface area contributed by atoms with Crippen LogP contribution in [0.4, 0.5) is 16.2 Å². The van der Waals surface area contributed by atoms with Gasteiger partial charge in [0.2, 0.25) is 5.91 Å². The Morgan fingerprint density at radius 1 is 0.903 bits per heavy atom. The normalized spacial score (nSPS) is 13.4. The van der Waals surface area contributed by atoms with Crippen molar-refractivity contribution in [3.63, 3.8) is 0 Å². The van der Waals surface area contributed by atoms with Gasteiger partial charge < -0.3 is 14.5 Å². The molecular formula is C25H25N3O3. The first-order valence-electron chi connectivity index (χ1n) is 10.3. The lowest BCUT2D eigenvalue weighted by Gasteiger charge is -2.26. The molecule has 3 aromatic rings. The van der Waals surface area contributed by atoms with E-state index in [9.17, 15) is 9.59 Å². The van der Waals surface area contributed by atoms with E-state index in [4.69, 9.17) is 4.74 Å². The van der Waals surface area contributed by atoms with Crippen molar-refractivity contribution in [1.29, 1.82) is 0 Å². The van der Waals surface area contributed by atoms with Crippen molar-refractivity contribution in [1.82, 2.24) is 4.90 Å². The van der Waals surface area contributed by atoms with Crippen LogP contribution in [0.25, 0.3) is 0 Å². The summed E-state index contributed by atoms with van der Waals surface area (Å²) in [6.07, 6.45) is 0. The number of carbonyl (C=O) groups excluding carboxylic acids is 2. The van der Waals surface area contributed by atoms with E-state index in [0.717, 1.165) is 11.3 Å². The van der Waals surface area contributed by atoms with Crippen LogP contribution >= 0.6 is 0 Å². The highest BCUT2D eigenvalue weighted by Crippen LogP contribution is 2.30. The first-order chi connectivity index (χ1) is 15.2. The van der Waals surface area contributed by atoms with Crippen LogP contribution in [0, 0.1) is 0 Å². The van der Waals surface area contributed by atoms with Crippen molar-refractivity contribution in [3.8, 4) is 5.75 Å². The lowest BCUT2D eigenvalue weighted by molar-refractivity contribution is -0.119. The van der Waals surface area contributed by atoms with Crippen LogP contribution in [-0.2, 0) is 11.3 Å². The fourth-order valence-corrected chi connectivity index (χ4v) is 3.75. The molecule has 3 amide bonds. The van der Waals surface area contributed by atoms with E-state index in [0.29, 0.717) is 31.1 Å². The van der Waals surface area contributed by atoms with Gasteiger partial charge in [-0.1, -0.05) is 60.7 Å². The fourth-order valence-electron chi connectivity index (χ4n) is 3.75. The van der Waals surface area contributed by atoms with Gasteiger partial charge in [-0.25, -0.2) is 4.79 Å². The van der Waals surface area contributed by atoms with Crippen molar-refractivity contribution in [3.05, 3.63) is 90.5 Å². The number of rotatable bonds is 7. The minimum Gasteiger partial charge on any atom is -0.495 e. The molecule has 3 aromatic carbocycles. The Balaban J connectivity index is 1.51. The van der Waals surface area contributed by atoms with Gasteiger partial charge in [-0.15, -0.1) is 0 Å². The van der Waals surface area contributed by atoms with Crippen LogP contribution in [-0.4, -0.2) is 43.6 Å². The maximum atomic E-state index is 13.3.